The lowest BCUT2D eigenvalue weighted by Gasteiger charge is -2.41. The molecule has 1 rings (SSSR count). The van der Waals surface area contributed by atoms with Crippen LogP contribution in [0.1, 0.15) is 72.1 Å². The van der Waals surface area contributed by atoms with Crippen molar-refractivity contribution in [2.45, 2.75) is 83.8 Å². The van der Waals surface area contributed by atoms with E-state index in [0.29, 0.717) is 6.04 Å². The molecule has 0 aliphatic carbocycles. The summed E-state index contributed by atoms with van der Waals surface area (Å²) in [6.07, 6.45) is 9.91. The van der Waals surface area contributed by atoms with Gasteiger partial charge in [0, 0.05) is 6.61 Å². The SMILES string of the molecule is CCCCC(CC)CC(NN)C1(C)CCCCO1. The van der Waals surface area contributed by atoms with Crippen LogP contribution in [0.15, 0.2) is 0 Å². The Balaban J connectivity index is 2.52. The molecule has 3 nitrogen and oxygen atoms in total. The summed E-state index contributed by atoms with van der Waals surface area (Å²) < 4.78 is 6.03. The number of nitrogens with one attached hydrogen (secondary N) is 1. The third kappa shape index (κ3) is 4.52. The van der Waals surface area contributed by atoms with Crippen molar-refractivity contribution in [1.82, 2.24) is 5.43 Å². The zero-order valence-corrected chi connectivity index (χ0v) is 12.5. The van der Waals surface area contributed by atoms with Gasteiger partial charge in [0.2, 0.25) is 0 Å². The summed E-state index contributed by atoms with van der Waals surface area (Å²) in [5.41, 5.74) is 2.97. The molecule has 1 aliphatic rings. The Morgan fingerprint density at radius 2 is 2.11 bits per heavy atom. The molecule has 18 heavy (non-hydrogen) atoms. The van der Waals surface area contributed by atoms with E-state index in [2.05, 4.69) is 26.2 Å². The Bertz CT molecular complexity index is 215. The number of hydrazine groups is 1. The highest BCUT2D eigenvalue weighted by Gasteiger charge is 2.37. The first-order valence-corrected chi connectivity index (χ1v) is 7.76. The van der Waals surface area contributed by atoms with Crippen LogP contribution in [0.5, 0.6) is 0 Å². The summed E-state index contributed by atoms with van der Waals surface area (Å²) in [5, 5.41) is 0. The van der Waals surface area contributed by atoms with E-state index >= 15 is 0 Å². The number of unbranched alkanes of at least 4 members (excludes halogenated alkanes) is 1. The minimum atomic E-state index is -0.0629. The van der Waals surface area contributed by atoms with Gasteiger partial charge in [-0.2, -0.15) is 0 Å². The predicted molar refractivity (Wildman–Crippen MR) is 77.2 cm³/mol. The van der Waals surface area contributed by atoms with Gasteiger partial charge in [0.1, 0.15) is 0 Å². The van der Waals surface area contributed by atoms with E-state index in [-0.39, 0.29) is 5.60 Å². The second kappa shape index (κ2) is 8.13. The molecule has 0 bridgehead atoms. The molecule has 0 spiro atoms. The van der Waals surface area contributed by atoms with Crippen LogP contribution in [0.25, 0.3) is 0 Å². The number of hydrogen-bond donors (Lipinski definition) is 2. The third-order valence-electron chi connectivity index (χ3n) is 4.55. The van der Waals surface area contributed by atoms with E-state index in [9.17, 15) is 0 Å². The smallest absolute Gasteiger partial charge is 0.0820 e. The molecule has 3 N–H and O–H groups in total. The van der Waals surface area contributed by atoms with Gasteiger partial charge >= 0.3 is 0 Å². The van der Waals surface area contributed by atoms with Crippen LogP contribution >= 0.6 is 0 Å². The molecule has 0 saturated carbocycles. The average molecular weight is 256 g/mol. The third-order valence-corrected chi connectivity index (χ3v) is 4.55. The lowest BCUT2D eigenvalue weighted by molar-refractivity contribution is -0.0930. The summed E-state index contributed by atoms with van der Waals surface area (Å²) in [4.78, 5) is 0. The molecule has 1 fully saturated rings. The van der Waals surface area contributed by atoms with Gasteiger partial charge in [-0.1, -0.05) is 39.5 Å². The van der Waals surface area contributed by atoms with Gasteiger partial charge in [-0.05, 0) is 38.5 Å². The molecule has 1 heterocycles. The average Bonchev–Trinajstić information content (AvgIpc) is 2.40. The van der Waals surface area contributed by atoms with Gasteiger partial charge in [0.05, 0.1) is 11.6 Å². The maximum atomic E-state index is 6.03. The fraction of sp³-hybridized carbons (Fsp3) is 1.00. The second-order valence-corrected chi connectivity index (χ2v) is 5.99. The molecule has 3 atom stereocenters. The van der Waals surface area contributed by atoms with Gasteiger partial charge in [-0.15, -0.1) is 0 Å². The summed E-state index contributed by atoms with van der Waals surface area (Å²) in [7, 11) is 0. The number of rotatable bonds is 8. The molecule has 0 aromatic heterocycles. The molecule has 1 saturated heterocycles. The molecule has 3 heteroatoms. The van der Waals surface area contributed by atoms with E-state index < -0.39 is 0 Å². The zero-order valence-electron chi connectivity index (χ0n) is 12.5. The second-order valence-electron chi connectivity index (χ2n) is 5.99. The van der Waals surface area contributed by atoms with Crippen LogP contribution in [0.2, 0.25) is 0 Å². The highest BCUT2D eigenvalue weighted by Crippen LogP contribution is 2.32. The van der Waals surface area contributed by atoms with E-state index in [4.69, 9.17) is 10.6 Å². The van der Waals surface area contributed by atoms with E-state index in [1.54, 1.807) is 0 Å². The monoisotopic (exact) mass is 256 g/mol. The van der Waals surface area contributed by atoms with Crippen molar-refractivity contribution in [1.29, 1.82) is 0 Å². The summed E-state index contributed by atoms with van der Waals surface area (Å²) >= 11 is 0. The Labute approximate surface area is 113 Å². The topological polar surface area (TPSA) is 47.3 Å². The standard InChI is InChI=1S/C15H32N2O/c1-4-6-9-13(5-2)12-14(17-16)15(3)10-7-8-11-18-15/h13-14,17H,4-12,16H2,1-3H3. The molecule has 0 aromatic rings. The minimum Gasteiger partial charge on any atom is -0.374 e. The van der Waals surface area contributed by atoms with E-state index in [1.165, 1.54) is 38.5 Å². The minimum absolute atomic E-state index is 0.0629. The molecule has 1 aliphatic heterocycles. The van der Waals surface area contributed by atoms with Crippen LogP contribution in [0, 0.1) is 5.92 Å². The van der Waals surface area contributed by atoms with Crippen molar-refractivity contribution < 1.29 is 4.74 Å². The first-order chi connectivity index (χ1) is 8.66. The van der Waals surface area contributed by atoms with Crippen molar-refractivity contribution in [2.75, 3.05) is 6.61 Å². The Morgan fingerprint density at radius 1 is 1.33 bits per heavy atom. The summed E-state index contributed by atoms with van der Waals surface area (Å²) in [6, 6.07) is 0.291. The predicted octanol–water partition coefficient (Wildman–Crippen LogP) is 3.38. The molecule has 0 amide bonds. The van der Waals surface area contributed by atoms with E-state index in [0.717, 1.165) is 25.4 Å². The van der Waals surface area contributed by atoms with E-state index in [1.807, 2.05) is 0 Å². The normalized spacial score (nSPS) is 28.0. The van der Waals surface area contributed by atoms with Crippen LogP contribution in [-0.4, -0.2) is 18.2 Å². The fourth-order valence-electron chi connectivity index (χ4n) is 3.04. The highest BCUT2D eigenvalue weighted by molar-refractivity contribution is 4.91. The largest absolute Gasteiger partial charge is 0.374 e. The molecule has 3 unspecified atom stereocenters. The van der Waals surface area contributed by atoms with Gasteiger partial charge in [-0.3, -0.25) is 11.3 Å². The quantitative estimate of drug-likeness (QED) is 0.517. The highest BCUT2D eigenvalue weighted by atomic mass is 16.5. The molecule has 0 radical (unpaired) electrons. The van der Waals surface area contributed by atoms with Crippen LogP contribution in [0.3, 0.4) is 0 Å². The van der Waals surface area contributed by atoms with Crippen molar-refractivity contribution in [3.05, 3.63) is 0 Å². The van der Waals surface area contributed by atoms with Crippen LogP contribution in [0.4, 0.5) is 0 Å². The van der Waals surface area contributed by atoms with Gasteiger partial charge < -0.3 is 4.74 Å². The van der Waals surface area contributed by atoms with Gasteiger partial charge in [-0.25, -0.2) is 0 Å². The van der Waals surface area contributed by atoms with Crippen LogP contribution < -0.4 is 11.3 Å². The van der Waals surface area contributed by atoms with Gasteiger partial charge in [0.25, 0.3) is 0 Å². The van der Waals surface area contributed by atoms with Gasteiger partial charge in [0.15, 0.2) is 0 Å². The Kier molecular flexibility index (Phi) is 7.20. The number of nitrogens with two attached hydrogens (primary N) is 1. The maximum absolute atomic E-state index is 6.03. The fourth-order valence-corrected chi connectivity index (χ4v) is 3.04. The summed E-state index contributed by atoms with van der Waals surface area (Å²) in [6.45, 7) is 7.67. The Hall–Kier alpha value is -0.120. The van der Waals surface area contributed by atoms with Crippen molar-refractivity contribution in [2.24, 2.45) is 11.8 Å². The molecule has 108 valence electrons. The van der Waals surface area contributed by atoms with Crippen molar-refractivity contribution in [3.8, 4) is 0 Å². The zero-order chi connectivity index (χ0) is 13.4. The molecular weight excluding hydrogens is 224 g/mol. The lowest BCUT2D eigenvalue weighted by atomic mass is 9.81. The van der Waals surface area contributed by atoms with Crippen molar-refractivity contribution in [3.63, 3.8) is 0 Å². The first kappa shape index (κ1) is 15.9. The first-order valence-electron chi connectivity index (χ1n) is 7.76. The number of ether oxygens (including phenoxy) is 1. The maximum Gasteiger partial charge on any atom is 0.0820 e. The molecule has 0 aromatic carbocycles. The Morgan fingerprint density at radius 3 is 2.61 bits per heavy atom. The van der Waals surface area contributed by atoms with Crippen molar-refractivity contribution >= 4 is 0 Å². The lowest BCUT2D eigenvalue weighted by Crippen LogP contribution is -2.55. The number of hydrogen-bond acceptors (Lipinski definition) is 3. The molecular formula is C15H32N2O. The summed E-state index contributed by atoms with van der Waals surface area (Å²) in [5.74, 6) is 6.56. The van der Waals surface area contributed by atoms with Crippen LogP contribution in [-0.2, 0) is 4.74 Å².